The fraction of sp³-hybridized carbons (Fsp3) is 0.600. The highest BCUT2D eigenvalue weighted by Crippen LogP contribution is 2.50. The Kier molecular flexibility index (Phi) is 1.72. The summed E-state index contributed by atoms with van der Waals surface area (Å²) in [6, 6.07) is 4.27. The number of nitrogens with two attached hydrogens (primary N) is 1. The SMILES string of the molecule is CC1(CC(N)c2ccc[nH]2)CC1. The molecular weight excluding hydrogens is 148 g/mol. The molecule has 0 radical (unpaired) electrons. The lowest BCUT2D eigenvalue weighted by Gasteiger charge is -2.14. The van der Waals surface area contributed by atoms with Crippen molar-refractivity contribution in [3.63, 3.8) is 0 Å². The van der Waals surface area contributed by atoms with Crippen LogP contribution >= 0.6 is 0 Å². The maximum Gasteiger partial charge on any atom is 0.0452 e. The van der Waals surface area contributed by atoms with Crippen molar-refractivity contribution >= 4 is 0 Å². The van der Waals surface area contributed by atoms with E-state index in [1.165, 1.54) is 18.5 Å². The maximum absolute atomic E-state index is 6.03. The van der Waals surface area contributed by atoms with Gasteiger partial charge >= 0.3 is 0 Å². The molecule has 2 heteroatoms. The Balaban J connectivity index is 1.97. The molecular formula is C10H16N2. The van der Waals surface area contributed by atoms with E-state index in [4.69, 9.17) is 5.73 Å². The largest absolute Gasteiger partial charge is 0.364 e. The molecule has 1 aromatic rings. The van der Waals surface area contributed by atoms with Crippen LogP contribution in [0.4, 0.5) is 0 Å². The minimum Gasteiger partial charge on any atom is -0.364 e. The van der Waals surface area contributed by atoms with Gasteiger partial charge in [0.25, 0.3) is 0 Å². The molecule has 1 fully saturated rings. The number of aromatic amines is 1. The number of aromatic nitrogens is 1. The van der Waals surface area contributed by atoms with Crippen molar-refractivity contribution in [2.45, 2.75) is 32.2 Å². The van der Waals surface area contributed by atoms with Gasteiger partial charge in [0.1, 0.15) is 0 Å². The van der Waals surface area contributed by atoms with Crippen molar-refractivity contribution in [1.29, 1.82) is 0 Å². The number of nitrogens with one attached hydrogen (secondary N) is 1. The third-order valence-corrected chi connectivity index (χ3v) is 2.84. The Bertz CT molecular complexity index is 247. The molecule has 1 unspecified atom stereocenters. The van der Waals surface area contributed by atoms with Gasteiger partial charge in [-0.1, -0.05) is 6.92 Å². The summed E-state index contributed by atoms with van der Waals surface area (Å²) in [5.41, 5.74) is 7.75. The molecule has 1 atom stereocenters. The second-order valence-corrected chi connectivity index (χ2v) is 4.25. The molecule has 0 spiro atoms. The molecule has 0 aromatic carbocycles. The predicted octanol–water partition coefficient (Wildman–Crippen LogP) is 2.20. The summed E-state index contributed by atoms with van der Waals surface area (Å²) in [6.07, 6.45) is 5.75. The van der Waals surface area contributed by atoms with Crippen molar-refractivity contribution in [3.05, 3.63) is 24.0 Å². The molecule has 66 valence electrons. The van der Waals surface area contributed by atoms with Crippen LogP contribution in [0.3, 0.4) is 0 Å². The van der Waals surface area contributed by atoms with Gasteiger partial charge in [-0.15, -0.1) is 0 Å². The van der Waals surface area contributed by atoms with Gasteiger partial charge in [0.2, 0.25) is 0 Å². The number of hydrogen-bond donors (Lipinski definition) is 2. The van der Waals surface area contributed by atoms with Crippen LogP contribution in [-0.2, 0) is 0 Å². The van der Waals surface area contributed by atoms with Crippen molar-refractivity contribution in [3.8, 4) is 0 Å². The zero-order valence-corrected chi connectivity index (χ0v) is 7.51. The molecule has 2 nitrogen and oxygen atoms in total. The first kappa shape index (κ1) is 7.87. The standard InChI is InChI=1S/C10H16N2/c1-10(4-5-10)7-8(11)9-3-2-6-12-9/h2-3,6,8,12H,4-5,7,11H2,1H3. The van der Waals surface area contributed by atoms with Crippen LogP contribution in [0, 0.1) is 5.41 Å². The molecule has 1 aliphatic rings. The van der Waals surface area contributed by atoms with Crippen LogP contribution in [0.15, 0.2) is 18.3 Å². The van der Waals surface area contributed by atoms with E-state index >= 15 is 0 Å². The summed E-state index contributed by atoms with van der Waals surface area (Å²) in [4.78, 5) is 3.16. The van der Waals surface area contributed by atoms with Crippen LogP contribution < -0.4 is 5.73 Å². The fourth-order valence-electron chi connectivity index (χ4n) is 1.63. The molecule has 2 rings (SSSR count). The third-order valence-electron chi connectivity index (χ3n) is 2.84. The van der Waals surface area contributed by atoms with E-state index < -0.39 is 0 Å². The van der Waals surface area contributed by atoms with E-state index in [1.54, 1.807) is 0 Å². The summed E-state index contributed by atoms with van der Waals surface area (Å²) in [6.45, 7) is 2.32. The van der Waals surface area contributed by atoms with Gasteiger partial charge in [-0.05, 0) is 36.8 Å². The summed E-state index contributed by atoms with van der Waals surface area (Å²) < 4.78 is 0. The van der Waals surface area contributed by atoms with Crippen molar-refractivity contribution < 1.29 is 0 Å². The first-order valence-corrected chi connectivity index (χ1v) is 4.58. The highest BCUT2D eigenvalue weighted by Gasteiger charge is 2.38. The Morgan fingerprint density at radius 1 is 1.67 bits per heavy atom. The highest BCUT2D eigenvalue weighted by molar-refractivity contribution is 5.10. The second-order valence-electron chi connectivity index (χ2n) is 4.25. The van der Waals surface area contributed by atoms with Crippen LogP contribution in [0.5, 0.6) is 0 Å². The highest BCUT2D eigenvalue weighted by atomic mass is 14.8. The molecule has 1 aromatic heterocycles. The van der Waals surface area contributed by atoms with E-state index in [1.807, 2.05) is 12.3 Å². The van der Waals surface area contributed by atoms with Crippen molar-refractivity contribution in [1.82, 2.24) is 4.98 Å². The van der Waals surface area contributed by atoms with Crippen molar-refractivity contribution in [2.75, 3.05) is 0 Å². The quantitative estimate of drug-likeness (QED) is 0.706. The van der Waals surface area contributed by atoms with Gasteiger partial charge in [0.15, 0.2) is 0 Å². The molecule has 0 saturated heterocycles. The first-order valence-electron chi connectivity index (χ1n) is 4.58. The lowest BCUT2D eigenvalue weighted by molar-refractivity contribution is 0.452. The number of H-pyrrole nitrogens is 1. The molecule has 3 N–H and O–H groups in total. The van der Waals surface area contributed by atoms with Gasteiger partial charge in [-0.2, -0.15) is 0 Å². The van der Waals surface area contributed by atoms with Gasteiger partial charge < -0.3 is 10.7 Å². The zero-order chi connectivity index (χ0) is 8.60. The lowest BCUT2D eigenvalue weighted by Crippen LogP contribution is -2.14. The zero-order valence-electron chi connectivity index (χ0n) is 7.51. The van der Waals surface area contributed by atoms with E-state index in [9.17, 15) is 0 Å². The minimum absolute atomic E-state index is 0.201. The monoisotopic (exact) mass is 164 g/mol. The summed E-state index contributed by atoms with van der Waals surface area (Å²) >= 11 is 0. The average Bonchev–Trinajstić information content (AvgIpc) is 2.55. The van der Waals surface area contributed by atoms with E-state index in [0.29, 0.717) is 5.41 Å². The van der Waals surface area contributed by atoms with Gasteiger partial charge in [0, 0.05) is 17.9 Å². The predicted molar refractivity (Wildman–Crippen MR) is 49.7 cm³/mol. The fourth-order valence-corrected chi connectivity index (χ4v) is 1.63. The van der Waals surface area contributed by atoms with E-state index in [0.717, 1.165) is 6.42 Å². The summed E-state index contributed by atoms with van der Waals surface area (Å²) in [5, 5.41) is 0. The number of hydrogen-bond acceptors (Lipinski definition) is 1. The van der Waals surface area contributed by atoms with Gasteiger partial charge in [0.05, 0.1) is 0 Å². The van der Waals surface area contributed by atoms with Crippen molar-refractivity contribution in [2.24, 2.45) is 11.1 Å². The average molecular weight is 164 g/mol. The normalized spacial score (nSPS) is 22.2. The maximum atomic E-state index is 6.03. The Hall–Kier alpha value is -0.760. The topological polar surface area (TPSA) is 41.8 Å². The third kappa shape index (κ3) is 1.53. The summed E-state index contributed by atoms with van der Waals surface area (Å²) in [5.74, 6) is 0. The Morgan fingerprint density at radius 2 is 2.42 bits per heavy atom. The van der Waals surface area contributed by atoms with Gasteiger partial charge in [-0.25, -0.2) is 0 Å². The second kappa shape index (κ2) is 2.63. The smallest absolute Gasteiger partial charge is 0.0452 e. The Morgan fingerprint density at radius 3 is 2.92 bits per heavy atom. The first-order chi connectivity index (χ1) is 5.70. The van der Waals surface area contributed by atoms with Crippen LogP contribution in [0.2, 0.25) is 0 Å². The molecule has 0 amide bonds. The molecule has 12 heavy (non-hydrogen) atoms. The molecule has 1 saturated carbocycles. The summed E-state index contributed by atoms with van der Waals surface area (Å²) in [7, 11) is 0. The van der Waals surface area contributed by atoms with Crippen LogP contribution in [-0.4, -0.2) is 4.98 Å². The van der Waals surface area contributed by atoms with E-state index in [-0.39, 0.29) is 6.04 Å². The lowest BCUT2D eigenvalue weighted by atomic mass is 9.98. The molecule has 1 aliphatic carbocycles. The van der Waals surface area contributed by atoms with Crippen LogP contribution in [0.1, 0.15) is 37.9 Å². The molecule has 0 aliphatic heterocycles. The minimum atomic E-state index is 0.201. The van der Waals surface area contributed by atoms with E-state index in [2.05, 4.69) is 18.0 Å². The van der Waals surface area contributed by atoms with Crippen LogP contribution in [0.25, 0.3) is 0 Å². The molecule has 0 bridgehead atoms. The Labute approximate surface area is 73.2 Å². The number of rotatable bonds is 3. The molecule has 1 heterocycles. The van der Waals surface area contributed by atoms with Gasteiger partial charge in [-0.3, -0.25) is 0 Å².